The van der Waals surface area contributed by atoms with E-state index >= 15 is 0 Å². The summed E-state index contributed by atoms with van der Waals surface area (Å²) in [4.78, 5) is 11.3. The molecule has 0 saturated heterocycles. The molecule has 1 atom stereocenters. The lowest BCUT2D eigenvalue weighted by molar-refractivity contribution is -0.122. The molecule has 3 rings (SSSR count). The van der Waals surface area contributed by atoms with Gasteiger partial charge in [0.2, 0.25) is 5.91 Å². The molecule has 1 aromatic carbocycles. The van der Waals surface area contributed by atoms with Crippen LogP contribution in [-0.2, 0) is 4.79 Å². The smallest absolute Gasteiger partial charge is 0.235 e. The van der Waals surface area contributed by atoms with Crippen molar-refractivity contribution in [2.75, 3.05) is 19.8 Å². The Balaban J connectivity index is 1.72. The van der Waals surface area contributed by atoms with E-state index in [1.54, 1.807) is 5.01 Å². The van der Waals surface area contributed by atoms with Gasteiger partial charge in [0.05, 0.1) is 6.54 Å². The molecule has 2 aliphatic heterocycles. The number of nitrogens with one attached hydrogen (secondary N) is 1. The number of carbonyl (C=O) groups excluding carboxylic acids is 1. The minimum Gasteiger partial charge on any atom is -0.492 e. The normalized spacial score (nSPS) is 17.8. The number of hydrogen-bond donors (Lipinski definition) is 2. The van der Waals surface area contributed by atoms with E-state index in [4.69, 9.17) is 15.2 Å². The number of nitrogens with zero attached hydrogens (tertiary/aromatic N) is 1. The van der Waals surface area contributed by atoms with Crippen LogP contribution in [0.3, 0.4) is 0 Å². The number of hydrogen-bond acceptors (Lipinski definition) is 5. The number of rotatable bonds is 6. The standard InChI is InChI=1S/C21H29N3O3/c1-14(2)10-21(4,22)13-27-17-5-6-18-19-11-24(23-15(3)25)8-7-16(19)12-26-20(18)9-17/h5-9,14H,10-13,22H2,1-4H3,(H,23,25). The van der Waals surface area contributed by atoms with E-state index in [-0.39, 0.29) is 11.4 Å². The largest absolute Gasteiger partial charge is 0.492 e. The first kappa shape index (κ1) is 19.3. The van der Waals surface area contributed by atoms with Crippen molar-refractivity contribution in [1.82, 2.24) is 10.4 Å². The van der Waals surface area contributed by atoms with Crippen LogP contribution in [0.15, 0.2) is 36.0 Å². The fraction of sp³-hybridized carbons (Fsp3) is 0.476. The monoisotopic (exact) mass is 371 g/mol. The Bertz CT molecular complexity index is 781. The first-order valence-corrected chi connectivity index (χ1v) is 9.36. The molecule has 0 saturated carbocycles. The van der Waals surface area contributed by atoms with Gasteiger partial charge < -0.3 is 15.2 Å². The van der Waals surface area contributed by atoms with Gasteiger partial charge in [0.1, 0.15) is 24.7 Å². The van der Waals surface area contributed by atoms with Crippen LogP contribution < -0.4 is 20.6 Å². The predicted octanol–water partition coefficient (Wildman–Crippen LogP) is 2.86. The highest BCUT2D eigenvalue weighted by atomic mass is 16.5. The minimum atomic E-state index is -0.367. The fourth-order valence-corrected chi connectivity index (χ4v) is 3.63. The van der Waals surface area contributed by atoms with Gasteiger partial charge in [-0.05, 0) is 48.6 Å². The number of ether oxygens (including phenoxy) is 2. The summed E-state index contributed by atoms with van der Waals surface area (Å²) < 4.78 is 11.9. The summed E-state index contributed by atoms with van der Waals surface area (Å²) in [5, 5.41) is 1.78. The molecule has 0 aliphatic carbocycles. The summed E-state index contributed by atoms with van der Waals surface area (Å²) in [5.74, 6) is 1.98. The van der Waals surface area contributed by atoms with Gasteiger partial charge in [-0.2, -0.15) is 0 Å². The zero-order valence-corrected chi connectivity index (χ0v) is 16.5. The van der Waals surface area contributed by atoms with Crippen molar-refractivity contribution in [1.29, 1.82) is 0 Å². The number of carbonyl (C=O) groups is 1. The average molecular weight is 371 g/mol. The van der Waals surface area contributed by atoms with Gasteiger partial charge in [0.15, 0.2) is 0 Å². The Hall–Kier alpha value is -2.47. The zero-order valence-electron chi connectivity index (χ0n) is 16.5. The molecule has 2 aliphatic rings. The second-order valence-corrected chi connectivity index (χ2v) is 8.10. The van der Waals surface area contributed by atoms with E-state index in [0.29, 0.717) is 25.7 Å². The molecular weight excluding hydrogens is 342 g/mol. The Morgan fingerprint density at radius 1 is 1.44 bits per heavy atom. The molecule has 0 aromatic heterocycles. The zero-order chi connectivity index (χ0) is 19.6. The molecule has 0 bridgehead atoms. The van der Waals surface area contributed by atoms with E-state index in [9.17, 15) is 4.79 Å². The van der Waals surface area contributed by atoms with E-state index in [1.807, 2.05) is 37.4 Å². The molecule has 1 amide bonds. The number of nitrogens with two attached hydrogens (primary N) is 1. The van der Waals surface area contributed by atoms with Crippen LogP contribution in [0.1, 0.15) is 39.7 Å². The van der Waals surface area contributed by atoms with Crippen molar-refractivity contribution >= 4 is 11.5 Å². The highest BCUT2D eigenvalue weighted by Crippen LogP contribution is 2.38. The van der Waals surface area contributed by atoms with Gasteiger partial charge in [-0.3, -0.25) is 15.2 Å². The van der Waals surface area contributed by atoms with Crippen molar-refractivity contribution in [3.05, 3.63) is 41.6 Å². The molecule has 3 N–H and O–H groups in total. The number of fused-ring (bicyclic) bond motifs is 2. The molecular formula is C21H29N3O3. The van der Waals surface area contributed by atoms with Crippen LogP contribution in [0.2, 0.25) is 0 Å². The van der Waals surface area contributed by atoms with Gasteiger partial charge in [-0.1, -0.05) is 13.8 Å². The molecule has 1 unspecified atom stereocenters. The molecule has 6 heteroatoms. The van der Waals surface area contributed by atoms with E-state index in [2.05, 4.69) is 19.3 Å². The summed E-state index contributed by atoms with van der Waals surface area (Å²) in [6.07, 6.45) is 4.74. The lowest BCUT2D eigenvalue weighted by Gasteiger charge is -2.31. The number of benzene rings is 1. The maximum Gasteiger partial charge on any atom is 0.235 e. The van der Waals surface area contributed by atoms with Crippen LogP contribution in [-0.4, -0.2) is 36.2 Å². The fourth-order valence-electron chi connectivity index (χ4n) is 3.63. The minimum absolute atomic E-state index is 0.0917. The van der Waals surface area contributed by atoms with Gasteiger partial charge in [-0.25, -0.2) is 0 Å². The summed E-state index contributed by atoms with van der Waals surface area (Å²) in [6.45, 7) is 9.41. The molecule has 146 valence electrons. The van der Waals surface area contributed by atoms with Crippen LogP contribution in [0.25, 0.3) is 5.57 Å². The van der Waals surface area contributed by atoms with Crippen molar-refractivity contribution < 1.29 is 14.3 Å². The van der Waals surface area contributed by atoms with Gasteiger partial charge in [0.25, 0.3) is 0 Å². The third-order valence-corrected chi connectivity index (χ3v) is 4.58. The van der Waals surface area contributed by atoms with Gasteiger partial charge in [-0.15, -0.1) is 0 Å². The van der Waals surface area contributed by atoms with Crippen molar-refractivity contribution in [3.63, 3.8) is 0 Å². The summed E-state index contributed by atoms with van der Waals surface area (Å²) >= 11 is 0. The third-order valence-electron chi connectivity index (χ3n) is 4.58. The molecule has 0 radical (unpaired) electrons. The quantitative estimate of drug-likeness (QED) is 0.804. The maximum atomic E-state index is 11.3. The molecule has 2 heterocycles. The van der Waals surface area contributed by atoms with Crippen molar-refractivity contribution in [2.24, 2.45) is 11.7 Å². The second-order valence-electron chi connectivity index (χ2n) is 8.10. The predicted molar refractivity (Wildman–Crippen MR) is 106 cm³/mol. The Kier molecular flexibility index (Phi) is 5.46. The molecule has 0 spiro atoms. The number of hydrazine groups is 1. The first-order valence-electron chi connectivity index (χ1n) is 9.36. The average Bonchev–Trinajstić information content (AvgIpc) is 2.58. The lowest BCUT2D eigenvalue weighted by atomic mass is 9.92. The summed E-state index contributed by atoms with van der Waals surface area (Å²) in [6, 6.07) is 5.89. The first-order chi connectivity index (χ1) is 12.7. The van der Waals surface area contributed by atoms with E-state index in [0.717, 1.165) is 34.6 Å². The maximum absolute atomic E-state index is 11.3. The van der Waals surface area contributed by atoms with Gasteiger partial charge in [0, 0.05) is 30.3 Å². The SMILES string of the molecule is CC(=O)NN1C=CC2=C(C1)c1ccc(OCC(C)(N)CC(C)C)cc1OC2. The Labute approximate surface area is 161 Å². The number of amides is 1. The van der Waals surface area contributed by atoms with Crippen molar-refractivity contribution in [2.45, 2.75) is 39.7 Å². The summed E-state index contributed by atoms with van der Waals surface area (Å²) in [5.41, 5.74) is 12.1. The van der Waals surface area contributed by atoms with E-state index in [1.165, 1.54) is 6.92 Å². The lowest BCUT2D eigenvalue weighted by Crippen LogP contribution is -2.43. The third kappa shape index (κ3) is 4.83. The Morgan fingerprint density at radius 3 is 2.93 bits per heavy atom. The van der Waals surface area contributed by atoms with Crippen LogP contribution in [0.4, 0.5) is 0 Å². The molecule has 6 nitrogen and oxygen atoms in total. The topological polar surface area (TPSA) is 76.8 Å². The highest BCUT2D eigenvalue weighted by molar-refractivity contribution is 5.80. The van der Waals surface area contributed by atoms with Crippen LogP contribution >= 0.6 is 0 Å². The molecule has 1 aromatic rings. The molecule has 0 fully saturated rings. The summed E-state index contributed by atoms with van der Waals surface area (Å²) in [7, 11) is 0. The van der Waals surface area contributed by atoms with Crippen molar-refractivity contribution in [3.8, 4) is 11.5 Å². The molecule has 27 heavy (non-hydrogen) atoms. The highest BCUT2D eigenvalue weighted by Gasteiger charge is 2.25. The Morgan fingerprint density at radius 2 is 2.22 bits per heavy atom. The van der Waals surface area contributed by atoms with Crippen LogP contribution in [0, 0.1) is 5.92 Å². The van der Waals surface area contributed by atoms with Crippen LogP contribution in [0.5, 0.6) is 11.5 Å². The van der Waals surface area contributed by atoms with Gasteiger partial charge >= 0.3 is 0 Å². The van der Waals surface area contributed by atoms with E-state index < -0.39 is 0 Å². The second kappa shape index (κ2) is 7.64.